The Labute approximate surface area is 247 Å². The molecule has 0 saturated heterocycles. The Morgan fingerprint density at radius 1 is 0.128 bits per heavy atom. The van der Waals surface area contributed by atoms with Gasteiger partial charge in [0.1, 0.15) is 0 Å². The second kappa shape index (κ2) is 54.0. The van der Waals surface area contributed by atoms with Crippen LogP contribution in [0.15, 0.2) is 0 Å². The van der Waals surface area contributed by atoms with Crippen LogP contribution >= 0.6 is 0 Å². The van der Waals surface area contributed by atoms with Crippen molar-refractivity contribution in [1.82, 2.24) is 0 Å². The van der Waals surface area contributed by atoms with Gasteiger partial charge in [-0.2, -0.15) is 0 Å². The van der Waals surface area contributed by atoms with E-state index in [0.29, 0.717) is 0 Å². The maximum absolute atomic E-state index is 7.00. The summed E-state index contributed by atoms with van der Waals surface area (Å²) in [5, 5.41) is 28.0. The molecule has 4 N–H and O–H groups in total. The molecule has 0 spiro atoms. The fourth-order valence-corrected chi connectivity index (χ4v) is 5.48. The Kier molecular flexibility index (Phi) is 63.4. The monoisotopic (exact) mass is 563 g/mol. The molecule has 0 aromatic heterocycles. The molecular formula is C35H78O4. The first kappa shape index (κ1) is 45.8. The lowest BCUT2D eigenvalue weighted by Crippen LogP contribution is -1.84. The molecule has 0 bridgehead atoms. The molecule has 4 heteroatoms. The SMILES string of the molecule is C1CCCCCCCCCCCCCCCCCCCCCCCCCCCCCC1.CO.CO.CO.CO. The number of aliphatic hydroxyl groups excluding tert-OH is 4. The highest BCUT2D eigenvalue weighted by molar-refractivity contribution is 4.53. The summed E-state index contributed by atoms with van der Waals surface area (Å²) in [5.74, 6) is 0. The molecule has 0 atom stereocenters. The summed E-state index contributed by atoms with van der Waals surface area (Å²) in [5.41, 5.74) is 0. The van der Waals surface area contributed by atoms with E-state index >= 15 is 0 Å². The van der Waals surface area contributed by atoms with E-state index in [1.165, 1.54) is 199 Å². The smallest absolute Gasteiger partial charge is 0.0319 e. The van der Waals surface area contributed by atoms with Crippen LogP contribution in [0, 0.1) is 0 Å². The zero-order valence-corrected chi connectivity index (χ0v) is 27.7. The van der Waals surface area contributed by atoms with Crippen LogP contribution in [0.5, 0.6) is 0 Å². The third kappa shape index (κ3) is 51.1. The lowest BCUT2D eigenvalue weighted by Gasteiger charge is -2.04. The second-order valence-electron chi connectivity index (χ2n) is 11.0. The summed E-state index contributed by atoms with van der Waals surface area (Å²) in [7, 11) is 4.00. The van der Waals surface area contributed by atoms with E-state index in [1.54, 1.807) is 0 Å². The van der Waals surface area contributed by atoms with Crippen molar-refractivity contribution >= 4 is 0 Å². The van der Waals surface area contributed by atoms with Gasteiger partial charge in [-0.1, -0.05) is 199 Å². The largest absolute Gasteiger partial charge is 0.400 e. The molecule has 0 aliphatic heterocycles. The van der Waals surface area contributed by atoms with Gasteiger partial charge >= 0.3 is 0 Å². The van der Waals surface area contributed by atoms with Crippen LogP contribution in [0.2, 0.25) is 0 Å². The van der Waals surface area contributed by atoms with Crippen LogP contribution in [0.25, 0.3) is 0 Å². The molecule has 1 rings (SSSR count). The second-order valence-corrected chi connectivity index (χ2v) is 11.0. The molecule has 0 unspecified atom stereocenters. The highest BCUT2D eigenvalue weighted by atomic mass is 16.2. The van der Waals surface area contributed by atoms with Crippen molar-refractivity contribution in [3.05, 3.63) is 0 Å². The van der Waals surface area contributed by atoms with Gasteiger partial charge < -0.3 is 20.4 Å². The number of aliphatic hydroxyl groups is 4. The summed E-state index contributed by atoms with van der Waals surface area (Å²) in [6.45, 7) is 0. The molecule has 0 amide bonds. The maximum atomic E-state index is 7.00. The Bertz CT molecular complexity index is 172. The third-order valence-electron chi connectivity index (χ3n) is 7.75. The number of rotatable bonds is 0. The van der Waals surface area contributed by atoms with Crippen LogP contribution in [0.1, 0.15) is 199 Å². The Balaban J connectivity index is -0.000000697. The zero-order valence-electron chi connectivity index (χ0n) is 27.7. The number of hydrogen-bond acceptors (Lipinski definition) is 4. The number of hydrogen-bond donors (Lipinski definition) is 4. The van der Waals surface area contributed by atoms with Crippen molar-refractivity contribution in [3.63, 3.8) is 0 Å². The minimum Gasteiger partial charge on any atom is -0.400 e. The van der Waals surface area contributed by atoms with Crippen LogP contribution in [0.4, 0.5) is 0 Å². The first-order valence-electron chi connectivity index (χ1n) is 17.3. The Morgan fingerprint density at radius 3 is 0.179 bits per heavy atom. The molecular weight excluding hydrogens is 484 g/mol. The highest BCUT2D eigenvalue weighted by Crippen LogP contribution is 2.17. The highest BCUT2D eigenvalue weighted by Gasteiger charge is 1.97. The molecule has 39 heavy (non-hydrogen) atoms. The van der Waals surface area contributed by atoms with Crippen LogP contribution in [-0.2, 0) is 0 Å². The summed E-state index contributed by atoms with van der Waals surface area (Å²) in [6, 6.07) is 0. The van der Waals surface area contributed by atoms with Gasteiger partial charge in [-0.15, -0.1) is 0 Å². The molecule has 1 fully saturated rings. The van der Waals surface area contributed by atoms with Gasteiger partial charge in [0, 0.05) is 28.4 Å². The fraction of sp³-hybridized carbons (Fsp3) is 1.00. The van der Waals surface area contributed by atoms with Crippen molar-refractivity contribution in [2.75, 3.05) is 28.4 Å². The van der Waals surface area contributed by atoms with Crippen molar-refractivity contribution < 1.29 is 20.4 Å². The van der Waals surface area contributed by atoms with Gasteiger partial charge in [0.15, 0.2) is 0 Å². The van der Waals surface area contributed by atoms with E-state index in [1.807, 2.05) is 0 Å². The lowest BCUT2D eigenvalue weighted by molar-refractivity contribution is 0.399. The summed E-state index contributed by atoms with van der Waals surface area (Å²) in [6.07, 6.45) is 46.5. The molecule has 1 aliphatic carbocycles. The van der Waals surface area contributed by atoms with Crippen LogP contribution in [-0.4, -0.2) is 48.9 Å². The molecule has 0 radical (unpaired) electrons. The van der Waals surface area contributed by atoms with Crippen LogP contribution in [0.3, 0.4) is 0 Å². The molecule has 4 nitrogen and oxygen atoms in total. The van der Waals surface area contributed by atoms with Crippen molar-refractivity contribution in [2.24, 2.45) is 0 Å². The maximum Gasteiger partial charge on any atom is 0.0319 e. The van der Waals surface area contributed by atoms with Crippen molar-refractivity contribution in [2.45, 2.75) is 199 Å². The van der Waals surface area contributed by atoms with E-state index in [-0.39, 0.29) is 0 Å². The predicted octanol–water partition coefficient (Wildman–Crippen LogP) is 10.5. The molecule has 1 saturated carbocycles. The van der Waals surface area contributed by atoms with Crippen LogP contribution < -0.4 is 0 Å². The fourth-order valence-electron chi connectivity index (χ4n) is 5.48. The minimum absolute atomic E-state index is 1.00. The van der Waals surface area contributed by atoms with Gasteiger partial charge in [0.05, 0.1) is 0 Å². The van der Waals surface area contributed by atoms with Gasteiger partial charge in [-0.3, -0.25) is 0 Å². The van der Waals surface area contributed by atoms with E-state index in [0.717, 1.165) is 28.4 Å². The van der Waals surface area contributed by atoms with Gasteiger partial charge in [-0.05, 0) is 0 Å². The summed E-state index contributed by atoms with van der Waals surface area (Å²) >= 11 is 0. The molecule has 1 aliphatic rings. The van der Waals surface area contributed by atoms with E-state index in [9.17, 15) is 0 Å². The van der Waals surface area contributed by atoms with Crippen molar-refractivity contribution in [1.29, 1.82) is 0 Å². The third-order valence-corrected chi connectivity index (χ3v) is 7.75. The predicted molar refractivity (Wildman–Crippen MR) is 176 cm³/mol. The summed E-state index contributed by atoms with van der Waals surface area (Å²) in [4.78, 5) is 0. The average molecular weight is 563 g/mol. The first-order valence-corrected chi connectivity index (χ1v) is 17.3. The minimum atomic E-state index is 1.00. The molecule has 0 aromatic carbocycles. The standard InChI is InChI=1S/C31H62.4CH4O/c1-2-4-6-8-10-12-14-16-18-20-22-24-26-28-30-31-29-27-25-23-21-19-17-15-13-11-9-7-5-3-1;4*1-2/h1-31H2;4*2H,1H3. The van der Waals surface area contributed by atoms with E-state index in [2.05, 4.69) is 0 Å². The quantitative estimate of drug-likeness (QED) is 0.237. The van der Waals surface area contributed by atoms with Gasteiger partial charge in [-0.25, -0.2) is 0 Å². The topological polar surface area (TPSA) is 80.9 Å². The molecule has 0 aromatic rings. The normalized spacial score (nSPS) is 19.7. The van der Waals surface area contributed by atoms with Gasteiger partial charge in [0.2, 0.25) is 0 Å². The molecule has 242 valence electrons. The Hall–Kier alpha value is -0.160. The lowest BCUT2D eigenvalue weighted by atomic mass is 10.0. The average Bonchev–Trinajstić information content (AvgIpc) is 3.00. The molecule has 0 heterocycles. The summed E-state index contributed by atoms with van der Waals surface area (Å²) < 4.78 is 0. The Morgan fingerprint density at radius 2 is 0.154 bits per heavy atom. The zero-order chi connectivity index (χ0) is 29.9. The van der Waals surface area contributed by atoms with E-state index < -0.39 is 0 Å². The van der Waals surface area contributed by atoms with Gasteiger partial charge in [0.25, 0.3) is 0 Å². The first-order chi connectivity index (χ1) is 19.5. The van der Waals surface area contributed by atoms with Crippen molar-refractivity contribution in [3.8, 4) is 0 Å². The van der Waals surface area contributed by atoms with E-state index in [4.69, 9.17) is 20.4 Å².